The average Bonchev–Trinajstić information content (AvgIpc) is 3.60. The maximum atomic E-state index is 13.8. The zero-order valence-corrected chi connectivity index (χ0v) is 23.5. The number of nitrogens with zero attached hydrogens (tertiary/aromatic N) is 2. The van der Waals surface area contributed by atoms with Gasteiger partial charge in [0.1, 0.15) is 11.7 Å². The van der Waals surface area contributed by atoms with Crippen LogP contribution in [0.25, 0.3) is 11.0 Å². The number of carbonyl (C=O) groups is 3. The van der Waals surface area contributed by atoms with E-state index in [9.17, 15) is 14.4 Å². The Labute approximate surface area is 238 Å². The summed E-state index contributed by atoms with van der Waals surface area (Å²) in [6.07, 6.45) is 1.48. The zero-order valence-electron chi connectivity index (χ0n) is 22.7. The first kappa shape index (κ1) is 30.4. The number of H-pyrrole nitrogens is 1. The van der Waals surface area contributed by atoms with E-state index in [2.05, 4.69) is 15.6 Å². The molecule has 12 heteroatoms. The number of anilines is 1. The molecule has 3 aromatic rings. The summed E-state index contributed by atoms with van der Waals surface area (Å²) >= 11 is 0. The summed E-state index contributed by atoms with van der Waals surface area (Å²) < 4.78 is 0. The first-order chi connectivity index (χ1) is 18.6. The fraction of sp³-hybridized carbons (Fsp3) is 0.393. The van der Waals surface area contributed by atoms with Crippen LogP contribution in [0.3, 0.4) is 0 Å². The van der Waals surface area contributed by atoms with Gasteiger partial charge in [-0.25, -0.2) is 4.98 Å². The highest BCUT2D eigenvalue weighted by Crippen LogP contribution is 2.33. The van der Waals surface area contributed by atoms with Crippen LogP contribution in [0.4, 0.5) is 5.69 Å². The van der Waals surface area contributed by atoms with Crippen molar-refractivity contribution in [2.45, 2.75) is 51.5 Å². The number of benzene rings is 2. The highest BCUT2D eigenvalue weighted by atomic mass is 35.5. The van der Waals surface area contributed by atoms with Gasteiger partial charge in [-0.3, -0.25) is 19.8 Å². The lowest BCUT2D eigenvalue weighted by Gasteiger charge is -2.34. The van der Waals surface area contributed by atoms with Crippen molar-refractivity contribution < 1.29 is 19.5 Å². The summed E-state index contributed by atoms with van der Waals surface area (Å²) in [5, 5.41) is 22.5. The van der Waals surface area contributed by atoms with Crippen LogP contribution in [-0.4, -0.2) is 63.2 Å². The molecule has 214 valence electrons. The molecule has 11 nitrogen and oxygen atoms in total. The number of amides is 2. The van der Waals surface area contributed by atoms with Gasteiger partial charge in [-0.2, -0.15) is 0 Å². The summed E-state index contributed by atoms with van der Waals surface area (Å²) in [4.78, 5) is 47.0. The highest BCUT2D eigenvalue weighted by molar-refractivity contribution is 5.95. The number of fused-ring (bicyclic) bond motifs is 1. The number of imidazole rings is 1. The van der Waals surface area contributed by atoms with Gasteiger partial charge in [-0.15, -0.1) is 12.4 Å². The van der Waals surface area contributed by atoms with Crippen molar-refractivity contribution in [1.82, 2.24) is 20.2 Å². The number of aryl methyl sites for hydroxylation is 1. The minimum atomic E-state index is -1.04. The van der Waals surface area contributed by atoms with Crippen molar-refractivity contribution in [3.05, 3.63) is 58.9 Å². The van der Waals surface area contributed by atoms with Crippen LogP contribution in [0.5, 0.6) is 0 Å². The minimum Gasteiger partial charge on any atom is -0.481 e. The number of hydrogen-bond acceptors (Lipinski definition) is 6. The molecule has 0 radical (unpaired) electrons. The van der Waals surface area contributed by atoms with E-state index in [0.29, 0.717) is 25.2 Å². The molecule has 1 unspecified atom stereocenters. The molecule has 2 heterocycles. The number of nitrogens with two attached hydrogens (primary N) is 1. The molecular weight excluding hydrogens is 534 g/mol. The van der Waals surface area contributed by atoms with Gasteiger partial charge in [0.25, 0.3) is 0 Å². The van der Waals surface area contributed by atoms with Crippen molar-refractivity contribution in [3.63, 3.8) is 0 Å². The lowest BCUT2D eigenvalue weighted by atomic mass is 9.78. The van der Waals surface area contributed by atoms with Gasteiger partial charge in [-0.05, 0) is 68.1 Å². The normalized spacial score (nSPS) is 14.3. The number of aliphatic carboxylic acids is 1. The average molecular weight is 570 g/mol. The number of aromatic nitrogens is 2. The first-order valence-electron chi connectivity index (χ1n) is 13.0. The topological polar surface area (TPSA) is 177 Å². The van der Waals surface area contributed by atoms with E-state index >= 15 is 0 Å². The predicted molar refractivity (Wildman–Crippen MR) is 156 cm³/mol. The van der Waals surface area contributed by atoms with Gasteiger partial charge in [0.15, 0.2) is 0 Å². The third kappa shape index (κ3) is 6.71. The van der Waals surface area contributed by atoms with Gasteiger partial charge < -0.3 is 31.4 Å². The third-order valence-electron chi connectivity index (χ3n) is 7.28. The maximum absolute atomic E-state index is 13.8. The van der Waals surface area contributed by atoms with Crippen LogP contribution in [0.15, 0.2) is 36.4 Å². The van der Waals surface area contributed by atoms with Crippen LogP contribution < -0.4 is 16.4 Å². The predicted octanol–water partition coefficient (Wildman–Crippen LogP) is 3.05. The van der Waals surface area contributed by atoms with Crippen molar-refractivity contribution in [3.8, 4) is 0 Å². The highest BCUT2D eigenvalue weighted by Gasteiger charge is 2.41. The van der Waals surface area contributed by atoms with Gasteiger partial charge in [0, 0.05) is 37.3 Å². The molecule has 1 fully saturated rings. The Morgan fingerprint density at radius 3 is 2.42 bits per heavy atom. The smallest absolute Gasteiger partial charge is 0.303 e. The summed E-state index contributed by atoms with van der Waals surface area (Å²) in [5.41, 5.74) is 9.19. The van der Waals surface area contributed by atoms with Crippen LogP contribution in [-0.2, 0) is 26.3 Å². The van der Waals surface area contributed by atoms with E-state index < -0.39 is 17.3 Å². The van der Waals surface area contributed by atoms with Crippen LogP contribution in [0.2, 0.25) is 0 Å². The molecular formula is C28H36ClN7O4. The molecule has 2 amide bonds. The molecule has 0 spiro atoms. The maximum Gasteiger partial charge on any atom is 0.303 e. The molecule has 7 N–H and O–H groups in total. The number of carboxylic acids is 1. The summed E-state index contributed by atoms with van der Waals surface area (Å²) in [6, 6.07) is 11.1. The monoisotopic (exact) mass is 569 g/mol. The number of nitrogen functional groups attached to an aromatic ring is 1. The number of aromatic amines is 1. The summed E-state index contributed by atoms with van der Waals surface area (Å²) in [6.45, 7) is 5.61. The number of carboxylic acid groups (broad SMARTS) is 1. The summed E-state index contributed by atoms with van der Waals surface area (Å²) in [5.74, 6) is -0.775. The van der Waals surface area contributed by atoms with Gasteiger partial charge in [0.05, 0.1) is 29.4 Å². The second-order valence-corrected chi connectivity index (χ2v) is 10.2. The van der Waals surface area contributed by atoms with E-state index in [-0.39, 0.29) is 43.5 Å². The molecule has 1 aromatic heterocycles. The van der Waals surface area contributed by atoms with E-state index in [1.54, 1.807) is 12.1 Å². The first-order valence-corrected chi connectivity index (χ1v) is 13.0. The fourth-order valence-corrected chi connectivity index (χ4v) is 5.04. The Balaban J connectivity index is 0.00000441. The number of likely N-dealkylation sites (tertiary alicyclic amines) is 1. The quantitative estimate of drug-likeness (QED) is 0.152. The lowest BCUT2D eigenvalue weighted by molar-refractivity contribution is -0.139. The fourth-order valence-electron chi connectivity index (χ4n) is 5.04. The second kappa shape index (κ2) is 12.8. The van der Waals surface area contributed by atoms with Gasteiger partial charge >= 0.3 is 5.97 Å². The molecule has 40 heavy (non-hydrogen) atoms. The molecule has 0 saturated carbocycles. The largest absolute Gasteiger partial charge is 0.481 e. The van der Waals surface area contributed by atoms with E-state index in [1.807, 2.05) is 43.0 Å². The zero-order chi connectivity index (χ0) is 28.2. The Morgan fingerprint density at radius 1 is 1.12 bits per heavy atom. The molecule has 1 atom stereocenters. The Hall–Kier alpha value is -4.12. The number of halogens is 1. The number of hydrogen-bond donors (Lipinski definition) is 6. The van der Waals surface area contributed by atoms with Crippen LogP contribution in [0, 0.1) is 12.3 Å². The number of carbonyl (C=O) groups excluding carboxylic acids is 2. The van der Waals surface area contributed by atoms with Gasteiger partial charge in [0.2, 0.25) is 11.8 Å². The number of amidine groups is 1. The van der Waals surface area contributed by atoms with E-state index in [4.69, 9.17) is 21.2 Å². The van der Waals surface area contributed by atoms with Crippen molar-refractivity contribution in [2.24, 2.45) is 5.73 Å². The van der Waals surface area contributed by atoms with Crippen molar-refractivity contribution in [1.29, 1.82) is 5.41 Å². The third-order valence-corrected chi connectivity index (χ3v) is 7.28. The minimum absolute atomic E-state index is 0. The molecule has 1 aliphatic heterocycles. The number of nitrogens with one attached hydrogen (secondary N) is 4. The summed E-state index contributed by atoms with van der Waals surface area (Å²) in [7, 11) is 0. The standard InChI is InChI=1S/C28H35N7O4.ClH/c1-17-20(28(2,27(39)35-13-3-4-14-35)16-32-23(36)11-12-24(37)38)9-10-21-25(17)34-22(33-21)15-31-19-7-5-18(6-8-19)26(29)30;/h5-10,31H,3-4,11-16H2,1-2H3,(H3,29,30)(H,32,36)(H,33,34)(H,37,38);1H. The second-order valence-electron chi connectivity index (χ2n) is 10.2. The van der Waals surface area contributed by atoms with Crippen LogP contribution >= 0.6 is 12.4 Å². The van der Waals surface area contributed by atoms with Crippen molar-refractivity contribution >= 4 is 52.7 Å². The Morgan fingerprint density at radius 2 is 1.80 bits per heavy atom. The molecule has 0 aliphatic carbocycles. The van der Waals surface area contributed by atoms with Gasteiger partial charge in [-0.1, -0.05) is 6.07 Å². The Bertz CT molecular complexity index is 1400. The van der Waals surface area contributed by atoms with Crippen molar-refractivity contribution in [2.75, 3.05) is 25.0 Å². The molecule has 1 saturated heterocycles. The SMILES string of the molecule is Cc1c(C(C)(CNC(=O)CCC(=O)O)C(=O)N2CCCC2)ccc2[nH]c(CNc3ccc(C(=N)N)cc3)nc12.Cl. The Kier molecular flexibility index (Phi) is 9.75. The molecule has 0 bridgehead atoms. The van der Waals surface area contributed by atoms with Crippen LogP contribution in [0.1, 0.15) is 55.1 Å². The molecule has 2 aromatic carbocycles. The number of rotatable bonds is 11. The lowest BCUT2D eigenvalue weighted by Crippen LogP contribution is -2.51. The van der Waals surface area contributed by atoms with E-state index in [1.165, 1.54) is 0 Å². The molecule has 4 rings (SSSR count). The van der Waals surface area contributed by atoms with E-state index in [0.717, 1.165) is 46.5 Å². The molecule has 1 aliphatic rings.